The number of methoxy groups -OCH3 is 1. The fourth-order valence-corrected chi connectivity index (χ4v) is 2.36. The van der Waals surface area contributed by atoms with Crippen molar-refractivity contribution < 1.29 is 13.9 Å². The highest BCUT2D eigenvalue weighted by Gasteiger charge is 2.29. The first-order valence-corrected chi connectivity index (χ1v) is 6.77. The Hall–Kier alpha value is -0.840. The summed E-state index contributed by atoms with van der Waals surface area (Å²) in [5, 5.41) is 3.52. The molecule has 0 amide bonds. The molecule has 1 aliphatic heterocycles. The summed E-state index contributed by atoms with van der Waals surface area (Å²) in [6.07, 6.45) is 3.58. The van der Waals surface area contributed by atoms with E-state index in [0.717, 1.165) is 43.9 Å². The van der Waals surface area contributed by atoms with Gasteiger partial charge in [0.1, 0.15) is 18.1 Å². The minimum Gasteiger partial charge on any atom is -0.462 e. The third-order valence-corrected chi connectivity index (χ3v) is 3.23. The number of nitrogens with one attached hydrogen (secondary N) is 1. The second kappa shape index (κ2) is 6.92. The molecule has 1 N–H and O–H groups in total. The van der Waals surface area contributed by atoms with Gasteiger partial charge in [-0.15, -0.1) is 0 Å². The van der Waals surface area contributed by atoms with Crippen LogP contribution in [0.3, 0.4) is 0 Å². The Labute approximate surface area is 109 Å². The number of ether oxygens (including phenoxy) is 2. The smallest absolute Gasteiger partial charge is 0.129 e. The van der Waals surface area contributed by atoms with Gasteiger partial charge in [0.25, 0.3) is 0 Å². The van der Waals surface area contributed by atoms with E-state index in [1.165, 1.54) is 0 Å². The van der Waals surface area contributed by atoms with Crippen LogP contribution in [0, 0.1) is 0 Å². The first kappa shape index (κ1) is 13.6. The first-order chi connectivity index (χ1) is 8.85. The zero-order valence-electron chi connectivity index (χ0n) is 11.3. The molecule has 0 spiro atoms. The fourth-order valence-electron chi connectivity index (χ4n) is 2.36. The molecule has 2 atom stereocenters. The van der Waals surface area contributed by atoms with Gasteiger partial charge in [-0.1, -0.05) is 6.92 Å². The van der Waals surface area contributed by atoms with Crippen molar-refractivity contribution in [2.45, 2.75) is 44.9 Å². The summed E-state index contributed by atoms with van der Waals surface area (Å²) in [7, 11) is 1.68. The Morgan fingerprint density at radius 1 is 1.50 bits per heavy atom. The van der Waals surface area contributed by atoms with Crippen molar-refractivity contribution in [3.63, 3.8) is 0 Å². The lowest BCUT2D eigenvalue weighted by molar-refractivity contribution is 0.0695. The SMILES string of the molecule is CCCNC(c1ccc(COC)o1)C1CCCO1. The topological polar surface area (TPSA) is 43.6 Å². The van der Waals surface area contributed by atoms with Gasteiger partial charge in [-0.2, -0.15) is 0 Å². The normalized spacial score (nSPS) is 21.3. The maximum absolute atomic E-state index is 5.83. The van der Waals surface area contributed by atoms with Crippen molar-refractivity contribution in [3.8, 4) is 0 Å². The van der Waals surface area contributed by atoms with E-state index in [-0.39, 0.29) is 12.1 Å². The minimum atomic E-state index is 0.165. The van der Waals surface area contributed by atoms with Crippen LogP contribution in [0.2, 0.25) is 0 Å². The summed E-state index contributed by atoms with van der Waals surface area (Å²) < 4.78 is 16.7. The average molecular weight is 253 g/mol. The van der Waals surface area contributed by atoms with E-state index in [0.29, 0.717) is 6.61 Å². The summed E-state index contributed by atoms with van der Waals surface area (Å²) in [6, 6.07) is 4.18. The zero-order chi connectivity index (χ0) is 12.8. The van der Waals surface area contributed by atoms with Gasteiger partial charge < -0.3 is 19.2 Å². The third kappa shape index (κ3) is 3.34. The minimum absolute atomic E-state index is 0.165. The molecular weight excluding hydrogens is 230 g/mol. The van der Waals surface area contributed by atoms with Crippen LogP contribution in [-0.4, -0.2) is 26.4 Å². The monoisotopic (exact) mass is 253 g/mol. The Balaban J connectivity index is 2.05. The predicted molar refractivity (Wildman–Crippen MR) is 69.4 cm³/mol. The summed E-state index contributed by atoms with van der Waals surface area (Å²) in [4.78, 5) is 0. The van der Waals surface area contributed by atoms with E-state index < -0.39 is 0 Å². The Morgan fingerprint density at radius 3 is 3.06 bits per heavy atom. The third-order valence-electron chi connectivity index (χ3n) is 3.23. The van der Waals surface area contributed by atoms with E-state index in [2.05, 4.69) is 12.2 Å². The molecule has 0 aromatic carbocycles. The fraction of sp³-hybridized carbons (Fsp3) is 0.714. The zero-order valence-corrected chi connectivity index (χ0v) is 11.3. The quantitative estimate of drug-likeness (QED) is 0.811. The second-order valence-electron chi connectivity index (χ2n) is 4.72. The van der Waals surface area contributed by atoms with Crippen molar-refractivity contribution >= 4 is 0 Å². The Bertz CT molecular complexity index is 345. The van der Waals surface area contributed by atoms with Crippen molar-refractivity contribution in [1.82, 2.24) is 5.32 Å². The number of hydrogen-bond donors (Lipinski definition) is 1. The van der Waals surface area contributed by atoms with Crippen LogP contribution < -0.4 is 5.32 Å². The number of rotatable bonds is 7. The molecule has 4 heteroatoms. The van der Waals surface area contributed by atoms with Crippen LogP contribution in [0.5, 0.6) is 0 Å². The van der Waals surface area contributed by atoms with Gasteiger partial charge in [-0.25, -0.2) is 0 Å². The van der Waals surface area contributed by atoms with Crippen molar-refractivity contribution in [1.29, 1.82) is 0 Å². The molecular formula is C14H23NO3. The Morgan fingerprint density at radius 2 is 2.39 bits per heavy atom. The lowest BCUT2D eigenvalue weighted by Gasteiger charge is -2.22. The standard InChI is InChI=1S/C14H23NO3/c1-3-8-15-14(12-5-4-9-17-12)13-7-6-11(18-13)10-16-2/h6-7,12,14-15H,3-5,8-10H2,1-2H3. The summed E-state index contributed by atoms with van der Waals surface area (Å²) in [5.74, 6) is 1.83. The van der Waals surface area contributed by atoms with E-state index in [1.54, 1.807) is 7.11 Å². The first-order valence-electron chi connectivity index (χ1n) is 6.77. The molecule has 0 saturated carbocycles. The Kier molecular flexibility index (Phi) is 5.23. The molecule has 0 radical (unpaired) electrons. The highest BCUT2D eigenvalue weighted by atomic mass is 16.5. The number of furan rings is 1. The summed E-state index contributed by atoms with van der Waals surface area (Å²) in [6.45, 7) is 4.52. The van der Waals surface area contributed by atoms with Crippen LogP contribution in [0.4, 0.5) is 0 Å². The molecule has 4 nitrogen and oxygen atoms in total. The average Bonchev–Trinajstić information content (AvgIpc) is 3.02. The molecule has 102 valence electrons. The van der Waals surface area contributed by atoms with Crippen molar-refractivity contribution in [3.05, 3.63) is 23.7 Å². The van der Waals surface area contributed by atoms with E-state index in [1.807, 2.05) is 12.1 Å². The second-order valence-corrected chi connectivity index (χ2v) is 4.72. The van der Waals surface area contributed by atoms with Gasteiger partial charge in [0.15, 0.2) is 0 Å². The van der Waals surface area contributed by atoms with Gasteiger partial charge in [-0.3, -0.25) is 0 Å². The molecule has 1 fully saturated rings. The molecule has 1 aromatic heterocycles. The molecule has 1 aromatic rings. The largest absolute Gasteiger partial charge is 0.462 e. The van der Waals surface area contributed by atoms with E-state index >= 15 is 0 Å². The molecule has 2 heterocycles. The molecule has 0 bridgehead atoms. The lowest BCUT2D eigenvalue weighted by atomic mass is 10.1. The van der Waals surface area contributed by atoms with E-state index in [4.69, 9.17) is 13.9 Å². The van der Waals surface area contributed by atoms with E-state index in [9.17, 15) is 0 Å². The molecule has 2 rings (SSSR count). The lowest BCUT2D eigenvalue weighted by Crippen LogP contribution is -2.31. The maximum atomic E-state index is 5.83. The molecule has 2 unspecified atom stereocenters. The van der Waals surface area contributed by atoms with Crippen LogP contribution in [-0.2, 0) is 16.1 Å². The maximum Gasteiger partial charge on any atom is 0.129 e. The van der Waals surface area contributed by atoms with Gasteiger partial charge in [-0.05, 0) is 37.9 Å². The van der Waals surface area contributed by atoms with Crippen LogP contribution in [0.1, 0.15) is 43.7 Å². The van der Waals surface area contributed by atoms with Crippen LogP contribution >= 0.6 is 0 Å². The highest BCUT2D eigenvalue weighted by Crippen LogP contribution is 2.28. The van der Waals surface area contributed by atoms with Gasteiger partial charge in [0, 0.05) is 13.7 Å². The van der Waals surface area contributed by atoms with Crippen molar-refractivity contribution in [2.24, 2.45) is 0 Å². The predicted octanol–water partition coefficient (Wildman–Crippen LogP) is 2.65. The van der Waals surface area contributed by atoms with Crippen molar-refractivity contribution in [2.75, 3.05) is 20.3 Å². The number of hydrogen-bond acceptors (Lipinski definition) is 4. The highest BCUT2D eigenvalue weighted by molar-refractivity contribution is 5.12. The van der Waals surface area contributed by atoms with Gasteiger partial charge in [0.05, 0.1) is 12.1 Å². The van der Waals surface area contributed by atoms with Crippen LogP contribution in [0.25, 0.3) is 0 Å². The van der Waals surface area contributed by atoms with Gasteiger partial charge in [0.2, 0.25) is 0 Å². The van der Waals surface area contributed by atoms with Gasteiger partial charge >= 0.3 is 0 Å². The summed E-state index contributed by atoms with van der Waals surface area (Å²) >= 11 is 0. The molecule has 18 heavy (non-hydrogen) atoms. The molecule has 0 aliphatic carbocycles. The summed E-state index contributed by atoms with van der Waals surface area (Å²) in [5.41, 5.74) is 0. The van der Waals surface area contributed by atoms with Crippen LogP contribution in [0.15, 0.2) is 16.5 Å². The molecule has 1 aliphatic rings. The molecule has 1 saturated heterocycles.